The highest BCUT2D eigenvalue weighted by Crippen LogP contribution is 2.19. The molecule has 0 bridgehead atoms. The molecule has 1 aliphatic rings. The Bertz CT molecular complexity index is 753. The van der Waals surface area contributed by atoms with Crippen LogP contribution in [0.5, 0.6) is 0 Å². The molecular formula is C18H21N3OS. The van der Waals surface area contributed by atoms with Gasteiger partial charge in [-0.05, 0) is 41.5 Å². The first-order valence-corrected chi connectivity index (χ1v) is 9.04. The minimum Gasteiger partial charge on any atom is -0.380 e. The van der Waals surface area contributed by atoms with Gasteiger partial charge in [0.05, 0.1) is 24.4 Å². The lowest BCUT2D eigenvalue weighted by molar-refractivity contribution is 0.121. The summed E-state index contributed by atoms with van der Waals surface area (Å²) in [6, 6.07) is 8.84. The quantitative estimate of drug-likeness (QED) is 0.799. The summed E-state index contributed by atoms with van der Waals surface area (Å²) >= 11 is 1.67. The normalized spacial score (nSPS) is 19.9. The summed E-state index contributed by atoms with van der Waals surface area (Å²) < 4.78 is 5.84. The van der Waals surface area contributed by atoms with Crippen LogP contribution >= 0.6 is 11.3 Å². The molecule has 0 amide bonds. The van der Waals surface area contributed by atoms with Crippen LogP contribution in [-0.4, -0.2) is 41.2 Å². The van der Waals surface area contributed by atoms with E-state index in [9.17, 15) is 0 Å². The highest BCUT2D eigenvalue weighted by atomic mass is 32.1. The van der Waals surface area contributed by atoms with Crippen molar-refractivity contribution in [3.05, 3.63) is 52.6 Å². The highest BCUT2D eigenvalue weighted by molar-refractivity contribution is 7.07. The third-order valence-electron chi connectivity index (χ3n) is 4.43. The molecule has 0 unspecified atom stereocenters. The first kappa shape index (κ1) is 14.9. The Labute approximate surface area is 140 Å². The molecule has 1 fully saturated rings. The fourth-order valence-corrected chi connectivity index (χ4v) is 3.88. The Morgan fingerprint density at radius 3 is 3.26 bits per heavy atom. The number of hydrogen-bond acceptors (Lipinski definition) is 4. The van der Waals surface area contributed by atoms with Crippen molar-refractivity contribution in [2.45, 2.75) is 13.0 Å². The molecule has 0 spiro atoms. The van der Waals surface area contributed by atoms with Crippen LogP contribution in [0.2, 0.25) is 0 Å². The average Bonchev–Trinajstić information content (AvgIpc) is 3.17. The number of rotatable bonds is 4. The van der Waals surface area contributed by atoms with E-state index in [4.69, 9.17) is 4.74 Å². The smallest absolute Gasteiger partial charge is 0.0795 e. The molecule has 2 aromatic heterocycles. The molecule has 4 nitrogen and oxygen atoms in total. The lowest BCUT2D eigenvalue weighted by atomic mass is 9.98. The van der Waals surface area contributed by atoms with Gasteiger partial charge in [-0.1, -0.05) is 6.07 Å². The van der Waals surface area contributed by atoms with Crippen molar-refractivity contribution in [2.75, 3.05) is 26.3 Å². The van der Waals surface area contributed by atoms with Gasteiger partial charge >= 0.3 is 0 Å². The summed E-state index contributed by atoms with van der Waals surface area (Å²) in [7, 11) is 0. The van der Waals surface area contributed by atoms with Crippen molar-refractivity contribution < 1.29 is 4.74 Å². The zero-order valence-electron chi connectivity index (χ0n) is 13.1. The number of H-pyrrole nitrogens is 1. The van der Waals surface area contributed by atoms with Crippen LogP contribution in [0.1, 0.15) is 11.3 Å². The van der Waals surface area contributed by atoms with E-state index in [-0.39, 0.29) is 0 Å². The molecule has 1 atom stereocenters. The Balaban J connectivity index is 1.44. The maximum absolute atomic E-state index is 5.84. The average molecular weight is 327 g/mol. The number of benzene rings is 1. The predicted molar refractivity (Wildman–Crippen MR) is 93.7 cm³/mol. The number of aromatic amines is 1. The van der Waals surface area contributed by atoms with Crippen molar-refractivity contribution in [1.82, 2.24) is 14.9 Å². The number of nitrogens with zero attached hydrogens (tertiary/aromatic N) is 2. The summed E-state index contributed by atoms with van der Waals surface area (Å²) in [5.41, 5.74) is 5.68. The van der Waals surface area contributed by atoms with Gasteiger partial charge in [-0.15, -0.1) is 11.3 Å². The van der Waals surface area contributed by atoms with Crippen LogP contribution in [0.15, 0.2) is 41.4 Å². The second-order valence-electron chi connectivity index (χ2n) is 6.26. The Hall–Kier alpha value is -1.69. The molecule has 1 saturated heterocycles. The number of aromatic nitrogens is 2. The molecule has 4 rings (SSSR count). The van der Waals surface area contributed by atoms with E-state index in [1.165, 1.54) is 22.2 Å². The van der Waals surface area contributed by atoms with Crippen molar-refractivity contribution in [3.63, 3.8) is 0 Å². The molecule has 120 valence electrons. The van der Waals surface area contributed by atoms with E-state index in [1.807, 2.05) is 11.7 Å². The molecule has 1 aromatic carbocycles. The molecule has 0 aliphatic carbocycles. The van der Waals surface area contributed by atoms with Crippen LogP contribution in [0, 0.1) is 5.92 Å². The predicted octanol–water partition coefficient (Wildman–Crippen LogP) is 3.32. The minimum atomic E-state index is 0.535. The van der Waals surface area contributed by atoms with Gasteiger partial charge < -0.3 is 9.72 Å². The van der Waals surface area contributed by atoms with Gasteiger partial charge in [-0.3, -0.25) is 4.90 Å². The van der Waals surface area contributed by atoms with Crippen molar-refractivity contribution in [2.24, 2.45) is 5.92 Å². The van der Waals surface area contributed by atoms with Gasteiger partial charge in [0, 0.05) is 36.7 Å². The molecule has 3 aromatic rings. The second-order valence-corrected chi connectivity index (χ2v) is 6.98. The molecule has 0 radical (unpaired) electrons. The van der Waals surface area contributed by atoms with E-state index in [2.05, 4.69) is 44.5 Å². The highest BCUT2D eigenvalue weighted by Gasteiger charge is 2.19. The molecule has 0 saturated carbocycles. The minimum absolute atomic E-state index is 0.535. The lowest BCUT2D eigenvalue weighted by Gasteiger charge is -2.22. The first-order valence-electron chi connectivity index (χ1n) is 8.10. The zero-order chi connectivity index (χ0) is 15.5. The Morgan fingerprint density at radius 2 is 2.35 bits per heavy atom. The standard InChI is InChI=1S/C18H21N3OS/c1-2-18-16(3-4-19-18)8-14(1)7-15-9-21(5-6-22-11-15)10-17-12-23-13-20-17/h1-4,8,12-13,15,19H,5-7,9-11H2/t15-/m0/s1. The van der Waals surface area contributed by atoms with Gasteiger partial charge in [0.1, 0.15) is 0 Å². The number of ether oxygens (including phenoxy) is 1. The Kier molecular flexibility index (Phi) is 4.41. The Morgan fingerprint density at radius 1 is 1.35 bits per heavy atom. The third-order valence-corrected chi connectivity index (χ3v) is 5.07. The molecule has 3 heterocycles. The SMILES string of the molecule is c1cc2cc(C[C@@H]3COCCN(Cc4cscn4)C3)ccc2[nH]1. The van der Waals surface area contributed by atoms with Crippen LogP contribution in [0.3, 0.4) is 0 Å². The van der Waals surface area contributed by atoms with E-state index in [0.29, 0.717) is 5.92 Å². The lowest BCUT2D eigenvalue weighted by Crippen LogP contribution is -2.30. The molecule has 1 aliphatic heterocycles. The van der Waals surface area contributed by atoms with Crippen LogP contribution in [0.25, 0.3) is 10.9 Å². The third kappa shape index (κ3) is 3.63. The molecular weight excluding hydrogens is 306 g/mol. The van der Waals surface area contributed by atoms with Gasteiger partial charge in [0.15, 0.2) is 0 Å². The first-order chi connectivity index (χ1) is 11.4. The van der Waals surface area contributed by atoms with Crippen molar-refractivity contribution in [1.29, 1.82) is 0 Å². The van der Waals surface area contributed by atoms with Crippen LogP contribution in [0.4, 0.5) is 0 Å². The maximum atomic E-state index is 5.84. The van der Waals surface area contributed by atoms with E-state index < -0.39 is 0 Å². The molecule has 5 heteroatoms. The number of fused-ring (bicyclic) bond motifs is 1. The van der Waals surface area contributed by atoms with Crippen LogP contribution < -0.4 is 0 Å². The molecule has 23 heavy (non-hydrogen) atoms. The fourth-order valence-electron chi connectivity index (χ4n) is 3.33. The van der Waals surface area contributed by atoms with Crippen molar-refractivity contribution in [3.8, 4) is 0 Å². The van der Waals surface area contributed by atoms with E-state index in [0.717, 1.165) is 39.3 Å². The summed E-state index contributed by atoms with van der Waals surface area (Å²) in [6.07, 6.45) is 3.06. The fraction of sp³-hybridized carbons (Fsp3) is 0.389. The van der Waals surface area contributed by atoms with Gasteiger partial charge in [-0.2, -0.15) is 0 Å². The van der Waals surface area contributed by atoms with E-state index >= 15 is 0 Å². The largest absolute Gasteiger partial charge is 0.380 e. The number of nitrogens with one attached hydrogen (secondary N) is 1. The van der Waals surface area contributed by atoms with E-state index in [1.54, 1.807) is 11.3 Å². The number of thiazole rings is 1. The summed E-state index contributed by atoms with van der Waals surface area (Å²) in [4.78, 5) is 10.1. The molecule has 1 N–H and O–H groups in total. The van der Waals surface area contributed by atoms with Crippen molar-refractivity contribution >= 4 is 22.2 Å². The van der Waals surface area contributed by atoms with Gasteiger partial charge in [0.25, 0.3) is 0 Å². The van der Waals surface area contributed by atoms with Crippen LogP contribution in [-0.2, 0) is 17.7 Å². The summed E-state index contributed by atoms with van der Waals surface area (Å²) in [5, 5.41) is 3.43. The monoisotopic (exact) mass is 327 g/mol. The second kappa shape index (κ2) is 6.83. The van der Waals surface area contributed by atoms with Gasteiger partial charge in [0.2, 0.25) is 0 Å². The maximum Gasteiger partial charge on any atom is 0.0795 e. The topological polar surface area (TPSA) is 41.1 Å². The summed E-state index contributed by atoms with van der Waals surface area (Å²) in [6.45, 7) is 4.66. The van der Waals surface area contributed by atoms with Gasteiger partial charge in [-0.25, -0.2) is 4.98 Å². The number of hydrogen-bond donors (Lipinski definition) is 1. The zero-order valence-corrected chi connectivity index (χ0v) is 13.9. The summed E-state index contributed by atoms with van der Waals surface area (Å²) in [5.74, 6) is 0.535.